The molecule has 0 fully saturated rings. The number of hydrogen-bond acceptors (Lipinski definition) is 3. The summed E-state index contributed by atoms with van der Waals surface area (Å²) in [7, 11) is 0. The van der Waals surface area contributed by atoms with Gasteiger partial charge in [-0.2, -0.15) is 5.10 Å². The maximum Gasteiger partial charge on any atom is 0.203 e. The minimum atomic E-state index is -0.0461. The Kier molecular flexibility index (Phi) is 3.60. The van der Waals surface area contributed by atoms with E-state index in [1.54, 1.807) is 29.2 Å². The zero-order chi connectivity index (χ0) is 14.7. The van der Waals surface area contributed by atoms with Gasteiger partial charge in [-0.1, -0.05) is 24.3 Å². The summed E-state index contributed by atoms with van der Waals surface area (Å²) in [5, 5.41) is 5.15. The van der Waals surface area contributed by atoms with Crippen LogP contribution in [0.5, 0.6) is 0 Å². The standard InChI is InChI=1S/C17H15N3O/c1-2-20-16(10-12-19-20)17(21)8-7-13-9-11-18-15-6-4-3-5-14(13)15/h3-12H,2H2,1H3/b8-7+. The molecule has 0 N–H and O–H groups in total. The largest absolute Gasteiger partial charge is 0.288 e. The van der Waals surface area contributed by atoms with Gasteiger partial charge in [0.1, 0.15) is 5.69 Å². The molecule has 0 amide bonds. The van der Waals surface area contributed by atoms with E-state index >= 15 is 0 Å². The minimum absolute atomic E-state index is 0.0461. The first-order valence-corrected chi connectivity index (χ1v) is 6.87. The molecule has 0 spiro atoms. The smallest absolute Gasteiger partial charge is 0.203 e. The molecule has 0 aliphatic heterocycles. The van der Waals surface area contributed by atoms with Crippen molar-refractivity contribution < 1.29 is 4.79 Å². The second-order valence-electron chi connectivity index (χ2n) is 4.65. The SMILES string of the molecule is CCn1nccc1C(=O)/C=C/c1ccnc2ccccc12. The Morgan fingerprint density at radius 1 is 1.19 bits per heavy atom. The molecule has 0 atom stereocenters. The van der Waals surface area contributed by atoms with Gasteiger partial charge in [-0.05, 0) is 36.8 Å². The van der Waals surface area contributed by atoms with Crippen molar-refractivity contribution in [2.75, 3.05) is 0 Å². The van der Waals surface area contributed by atoms with Crippen LogP contribution in [0.1, 0.15) is 23.0 Å². The lowest BCUT2D eigenvalue weighted by atomic mass is 10.1. The fraction of sp³-hybridized carbons (Fsp3) is 0.118. The van der Waals surface area contributed by atoms with E-state index in [9.17, 15) is 4.79 Å². The summed E-state index contributed by atoms with van der Waals surface area (Å²) >= 11 is 0. The van der Waals surface area contributed by atoms with E-state index in [-0.39, 0.29) is 5.78 Å². The number of fused-ring (bicyclic) bond motifs is 1. The molecule has 0 radical (unpaired) electrons. The Balaban J connectivity index is 1.93. The van der Waals surface area contributed by atoms with Crippen LogP contribution in [0.3, 0.4) is 0 Å². The molecular formula is C17H15N3O. The van der Waals surface area contributed by atoms with Gasteiger partial charge in [0.25, 0.3) is 0 Å². The van der Waals surface area contributed by atoms with Gasteiger partial charge in [0.15, 0.2) is 0 Å². The van der Waals surface area contributed by atoms with E-state index in [2.05, 4.69) is 10.1 Å². The molecule has 2 heterocycles. The van der Waals surface area contributed by atoms with E-state index in [4.69, 9.17) is 0 Å². The second kappa shape index (κ2) is 5.71. The van der Waals surface area contributed by atoms with Crippen molar-refractivity contribution in [2.45, 2.75) is 13.5 Å². The molecule has 0 saturated heterocycles. The highest BCUT2D eigenvalue weighted by atomic mass is 16.1. The average molecular weight is 277 g/mol. The van der Waals surface area contributed by atoms with Crippen molar-refractivity contribution >= 4 is 22.8 Å². The summed E-state index contributed by atoms with van der Waals surface area (Å²) in [5.74, 6) is -0.0461. The molecule has 0 aliphatic carbocycles. The zero-order valence-corrected chi connectivity index (χ0v) is 11.7. The number of aryl methyl sites for hydroxylation is 1. The Bertz CT molecular complexity index is 812. The van der Waals surface area contributed by atoms with Crippen molar-refractivity contribution in [1.29, 1.82) is 0 Å². The molecule has 0 unspecified atom stereocenters. The topological polar surface area (TPSA) is 47.8 Å². The molecule has 104 valence electrons. The predicted octanol–water partition coefficient (Wildman–Crippen LogP) is 3.35. The van der Waals surface area contributed by atoms with Crippen LogP contribution in [0, 0.1) is 0 Å². The van der Waals surface area contributed by atoms with Crippen LogP contribution in [0.15, 0.2) is 54.9 Å². The third kappa shape index (κ3) is 2.60. The molecule has 4 heteroatoms. The van der Waals surface area contributed by atoms with E-state index in [0.717, 1.165) is 16.5 Å². The zero-order valence-electron chi connectivity index (χ0n) is 11.7. The summed E-state index contributed by atoms with van der Waals surface area (Å²) in [6.07, 6.45) is 6.82. The van der Waals surface area contributed by atoms with Gasteiger partial charge in [-0.25, -0.2) is 0 Å². The van der Waals surface area contributed by atoms with Gasteiger partial charge in [0.05, 0.1) is 5.52 Å². The molecule has 0 bridgehead atoms. The first kappa shape index (κ1) is 13.2. The maximum absolute atomic E-state index is 12.2. The summed E-state index contributed by atoms with van der Waals surface area (Å²) in [6, 6.07) is 11.5. The fourth-order valence-corrected chi connectivity index (χ4v) is 2.31. The Morgan fingerprint density at radius 2 is 2.05 bits per heavy atom. The van der Waals surface area contributed by atoms with E-state index in [1.807, 2.05) is 43.3 Å². The van der Waals surface area contributed by atoms with Crippen LogP contribution in [-0.2, 0) is 6.54 Å². The molecule has 21 heavy (non-hydrogen) atoms. The highest BCUT2D eigenvalue weighted by Gasteiger charge is 2.07. The lowest BCUT2D eigenvalue weighted by Gasteiger charge is -2.02. The first-order chi connectivity index (χ1) is 10.3. The number of carbonyl (C=O) groups excluding carboxylic acids is 1. The van der Waals surface area contributed by atoms with Gasteiger partial charge in [-0.15, -0.1) is 0 Å². The number of hydrogen-bond donors (Lipinski definition) is 0. The molecular weight excluding hydrogens is 262 g/mol. The molecule has 1 aromatic carbocycles. The normalized spacial score (nSPS) is 11.3. The number of aromatic nitrogens is 3. The van der Waals surface area contributed by atoms with Crippen molar-refractivity contribution in [2.24, 2.45) is 0 Å². The van der Waals surface area contributed by atoms with Crippen molar-refractivity contribution in [1.82, 2.24) is 14.8 Å². The quantitative estimate of drug-likeness (QED) is 0.543. The molecule has 3 rings (SSSR count). The lowest BCUT2D eigenvalue weighted by molar-refractivity contribution is 0.103. The summed E-state index contributed by atoms with van der Waals surface area (Å²) in [6.45, 7) is 2.64. The highest BCUT2D eigenvalue weighted by Crippen LogP contribution is 2.17. The molecule has 4 nitrogen and oxygen atoms in total. The number of rotatable bonds is 4. The molecule has 0 aliphatic rings. The number of ketones is 1. The second-order valence-corrected chi connectivity index (χ2v) is 4.65. The summed E-state index contributed by atoms with van der Waals surface area (Å²) < 4.78 is 1.69. The highest BCUT2D eigenvalue weighted by molar-refractivity contribution is 6.06. The number of carbonyl (C=O) groups is 1. The summed E-state index contributed by atoms with van der Waals surface area (Å²) in [5.41, 5.74) is 2.51. The Morgan fingerprint density at radius 3 is 2.90 bits per heavy atom. The van der Waals surface area contributed by atoms with Crippen LogP contribution in [0.4, 0.5) is 0 Å². The molecule has 2 aromatic heterocycles. The fourth-order valence-electron chi connectivity index (χ4n) is 2.31. The van der Waals surface area contributed by atoms with Gasteiger partial charge >= 0.3 is 0 Å². The van der Waals surface area contributed by atoms with Gasteiger partial charge in [0, 0.05) is 24.3 Å². The van der Waals surface area contributed by atoms with E-state index in [1.165, 1.54) is 0 Å². The number of benzene rings is 1. The third-order valence-corrected chi connectivity index (χ3v) is 3.37. The third-order valence-electron chi connectivity index (χ3n) is 3.37. The maximum atomic E-state index is 12.2. The Labute approximate surface area is 122 Å². The van der Waals surface area contributed by atoms with Crippen LogP contribution in [0.2, 0.25) is 0 Å². The predicted molar refractivity (Wildman–Crippen MR) is 83.0 cm³/mol. The average Bonchev–Trinajstić information content (AvgIpc) is 3.01. The number of pyridine rings is 1. The first-order valence-electron chi connectivity index (χ1n) is 6.87. The van der Waals surface area contributed by atoms with Crippen LogP contribution < -0.4 is 0 Å². The van der Waals surface area contributed by atoms with Gasteiger partial charge in [0.2, 0.25) is 5.78 Å². The number of nitrogens with zero attached hydrogens (tertiary/aromatic N) is 3. The Hall–Kier alpha value is -2.75. The van der Waals surface area contributed by atoms with Crippen LogP contribution in [-0.4, -0.2) is 20.5 Å². The number of para-hydroxylation sites is 1. The number of allylic oxidation sites excluding steroid dienone is 1. The molecule has 0 saturated carbocycles. The molecule has 3 aromatic rings. The minimum Gasteiger partial charge on any atom is -0.288 e. The van der Waals surface area contributed by atoms with Gasteiger partial charge in [-0.3, -0.25) is 14.5 Å². The van der Waals surface area contributed by atoms with Crippen LogP contribution >= 0.6 is 0 Å². The van der Waals surface area contributed by atoms with Crippen molar-refractivity contribution in [3.8, 4) is 0 Å². The van der Waals surface area contributed by atoms with Crippen LogP contribution in [0.25, 0.3) is 17.0 Å². The lowest BCUT2D eigenvalue weighted by Crippen LogP contribution is -2.07. The summed E-state index contributed by atoms with van der Waals surface area (Å²) in [4.78, 5) is 16.5. The monoisotopic (exact) mass is 277 g/mol. The van der Waals surface area contributed by atoms with Crippen molar-refractivity contribution in [3.05, 3.63) is 66.1 Å². The van der Waals surface area contributed by atoms with Gasteiger partial charge < -0.3 is 0 Å². The van der Waals surface area contributed by atoms with E-state index < -0.39 is 0 Å². The van der Waals surface area contributed by atoms with E-state index in [0.29, 0.717) is 12.2 Å². The van der Waals surface area contributed by atoms with Crippen molar-refractivity contribution in [3.63, 3.8) is 0 Å².